The third kappa shape index (κ3) is 3.80. The second-order valence-corrected chi connectivity index (χ2v) is 7.86. The highest BCUT2D eigenvalue weighted by atomic mass is 79.9. The first-order valence-corrected chi connectivity index (χ1v) is 8.90. The number of nitrogens with zero attached hydrogens (tertiary/aromatic N) is 3. The molecule has 0 unspecified atom stereocenters. The van der Waals surface area contributed by atoms with Gasteiger partial charge in [0.1, 0.15) is 5.60 Å². The smallest absolute Gasteiger partial charge is 0.410 e. The molecule has 1 amide bonds. The van der Waals surface area contributed by atoms with E-state index in [1.54, 1.807) is 4.90 Å². The average molecular weight is 392 g/mol. The van der Waals surface area contributed by atoms with E-state index in [9.17, 15) is 4.79 Å². The number of ether oxygens (including phenoxy) is 1. The van der Waals surface area contributed by atoms with Gasteiger partial charge in [-0.25, -0.2) is 4.79 Å². The summed E-state index contributed by atoms with van der Waals surface area (Å²) in [6, 6.07) is 8.15. The molecule has 1 saturated heterocycles. The van der Waals surface area contributed by atoms with Crippen LogP contribution in [-0.2, 0) is 4.74 Å². The average Bonchev–Trinajstić information content (AvgIpc) is 2.53. The quantitative estimate of drug-likeness (QED) is 0.735. The fourth-order valence-corrected chi connectivity index (χ4v) is 3.20. The Morgan fingerprint density at radius 1 is 1.17 bits per heavy atom. The molecule has 6 heteroatoms. The number of piperazine rings is 1. The summed E-state index contributed by atoms with van der Waals surface area (Å²) in [7, 11) is 0. The molecule has 1 aliphatic rings. The minimum atomic E-state index is -0.457. The van der Waals surface area contributed by atoms with Crippen molar-refractivity contribution in [2.75, 3.05) is 31.1 Å². The minimum Gasteiger partial charge on any atom is -0.444 e. The Labute approximate surface area is 150 Å². The van der Waals surface area contributed by atoms with Gasteiger partial charge in [-0.15, -0.1) is 0 Å². The van der Waals surface area contributed by atoms with Crippen molar-refractivity contribution in [3.63, 3.8) is 0 Å². The van der Waals surface area contributed by atoms with Gasteiger partial charge in [-0.1, -0.05) is 15.9 Å². The molecule has 2 aromatic rings. The van der Waals surface area contributed by atoms with E-state index >= 15 is 0 Å². The summed E-state index contributed by atoms with van der Waals surface area (Å²) >= 11 is 3.53. The molecule has 0 aliphatic carbocycles. The third-order valence-corrected chi connectivity index (χ3v) is 4.45. The lowest BCUT2D eigenvalue weighted by atomic mass is 10.1. The van der Waals surface area contributed by atoms with Gasteiger partial charge in [0.15, 0.2) is 0 Å². The number of carbonyl (C=O) groups excluding carboxylic acids is 1. The summed E-state index contributed by atoms with van der Waals surface area (Å²) in [5.74, 6) is 0. The fraction of sp³-hybridized carbons (Fsp3) is 0.444. The van der Waals surface area contributed by atoms with Crippen LogP contribution in [0, 0.1) is 0 Å². The van der Waals surface area contributed by atoms with E-state index in [1.165, 1.54) is 0 Å². The van der Waals surface area contributed by atoms with Crippen LogP contribution in [0.25, 0.3) is 10.9 Å². The van der Waals surface area contributed by atoms with Crippen LogP contribution in [-0.4, -0.2) is 47.8 Å². The molecule has 3 rings (SSSR count). The number of amides is 1. The second kappa shape index (κ2) is 6.59. The van der Waals surface area contributed by atoms with Crippen LogP contribution in [0.1, 0.15) is 20.8 Å². The van der Waals surface area contributed by atoms with Crippen LogP contribution in [0.3, 0.4) is 0 Å². The number of aromatic nitrogens is 1. The number of fused-ring (bicyclic) bond motifs is 1. The summed E-state index contributed by atoms with van der Waals surface area (Å²) in [5, 5.41) is 1.12. The molecule has 0 atom stereocenters. The lowest BCUT2D eigenvalue weighted by molar-refractivity contribution is 0.0241. The fourth-order valence-electron chi connectivity index (χ4n) is 2.84. The zero-order chi connectivity index (χ0) is 17.3. The summed E-state index contributed by atoms with van der Waals surface area (Å²) in [6.07, 6.45) is 1.61. The Hall–Kier alpha value is -1.82. The summed E-state index contributed by atoms with van der Waals surface area (Å²) in [4.78, 5) is 20.7. The number of anilines is 1. The van der Waals surface area contributed by atoms with Crippen LogP contribution >= 0.6 is 15.9 Å². The van der Waals surface area contributed by atoms with Crippen molar-refractivity contribution in [2.45, 2.75) is 26.4 Å². The molecule has 0 bridgehead atoms. The Balaban J connectivity index is 1.73. The van der Waals surface area contributed by atoms with Gasteiger partial charge < -0.3 is 14.5 Å². The number of benzene rings is 1. The van der Waals surface area contributed by atoms with E-state index < -0.39 is 5.60 Å². The van der Waals surface area contributed by atoms with E-state index in [-0.39, 0.29) is 6.09 Å². The lowest BCUT2D eigenvalue weighted by Crippen LogP contribution is -2.50. The molecule has 128 valence electrons. The molecule has 24 heavy (non-hydrogen) atoms. The summed E-state index contributed by atoms with van der Waals surface area (Å²) in [5.41, 5.74) is 1.68. The van der Waals surface area contributed by atoms with Gasteiger partial charge in [0.25, 0.3) is 0 Å². The zero-order valence-corrected chi connectivity index (χ0v) is 15.8. The Bertz CT molecular complexity index is 750. The first-order valence-electron chi connectivity index (χ1n) is 8.11. The molecule has 1 aromatic carbocycles. The Morgan fingerprint density at radius 3 is 2.54 bits per heavy atom. The van der Waals surface area contributed by atoms with Crippen LogP contribution in [0.15, 0.2) is 34.9 Å². The van der Waals surface area contributed by atoms with Crippen LogP contribution < -0.4 is 4.90 Å². The Morgan fingerprint density at radius 2 is 1.88 bits per heavy atom. The highest BCUT2D eigenvalue weighted by molar-refractivity contribution is 9.10. The molecular weight excluding hydrogens is 370 g/mol. The van der Waals surface area contributed by atoms with Crippen LogP contribution in [0.2, 0.25) is 0 Å². The van der Waals surface area contributed by atoms with Crippen molar-refractivity contribution in [1.29, 1.82) is 0 Å². The van der Waals surface area contributed by atoms with E-state index in [0.717, 1.165) is 34.2 Å². The van der Waals surface area contributed by atoms with E-state index in [2.05, 4.69) is 31.9 Å². The van der Waals surface area contributed by atoms with E-state index in [0.29, 0.717) is 13.1 Å². The first kappa shape index (κ1) is 17.0. The molecule has 0 spiro atoms. The predicted octanol–water partition coefficient (Wildman–Crippen LogP) is 4.05. The van der Waals surface area contributed by atoms with Gasteiger partial charge in [0.05, 0.1) is 5.52 Å². The third-order valence-electron chi connectivity index (χ3n) is 3.95. The number of hydrogen-bond acceptors (Lipinski definition) is 4. The van der Waals surface area contributed by atoms with Crippen LogP contribution in [0.4, 0.5) is 10.5 Å². The van der Waals surface area contributed by atoms with Gasteiger partial charge in [-0.2, -0.15) is 0 Å². The maximum atomic E-state index is 12.2. The number of pyridine rings is 1. The topological polar surface area (TPSA) is 45.7 Å². The molecule has 0 radical (unpaired) electrons. The largest absolute Gasteiger partial charge is 0.444 e. The number of halogens is 1. The van der Waals surface area contributed by atoms with Gasteiger partial charge >= 0.3 is 6.09 Å². The monoisotopic (exact) mass is 391 g/mol. The number of carbonyl (C=O) groups is 1. The van der Waals surface area contributed by atoms with Crippen molar-refractivity contribution >= 4 is 38.6 Å². The van der Waals surface area contributed by atoms with Crippen molar-refractivity contribution < 1.29 is 9.53 Å². The van der Waals surface area contributed by atoms with Gasteiger partial charge in [0.2, 0.25) is 0 Å². The van der Waals surface area contributed by atoms with Crippen LogP contribution in [0.5, 0.6) is 0 Å². The first-order chi connectivity index (χ1) is 11.3. The summed E-state index contributed by atoms with van der Waals surface area (Å²) in [6.45, 7) is 8.56. The highest BCUT2D eigenvalue weighted by Crippen LogP contribution is 2.29. The normalized spacial score (nSPS) is 15.7. The highest BCUT2D eigenvalue weighted by Gasteiger charge is 2.26. The predicted molar refractivity (Wildman–Crippen MR) is 99.5 cm³/mol. The second-order valence-electron chi connectivity index (χ2n) is 6.95. The molecule has 0 saturated carbocycles. The molecule has 1 fully saturated rings. The SMILES string of the molecule is CC(C)(C)OC(=O)N1CCN(c2ccnc3ccc(Br)cc23)CC1. The van der Waals surface area contributed by atoms with E-state index in [4.69, 9.17) is 4.74 Å². The molecule has 1 aromatic heterocycles. The van der Waals surface area contributed by atoms with Gasteiger partial charge in [-0.3, -0.25) is 4.98 Å². The molecule has 1 aliphatic heterocycles. The van der Waals surface area contributed by atoms with E-state index in [1.807, 2.05) is 45.2 Å². The van der Waals surface area contributed by atoms with Crippen molar-refractivity contribution in [1.82, 2.24) is 9.88 Å². The number of rotatable bonds is 1. The minimum absolute atomic E-state index is 0.232. The van der Waals surface area contributed by atoms with Crippen molar-refractivity contribution in [3.05, 3.63) is 34.9 Å². The maximum absolute atomic E-state index is 12.2. The van der Waals surface area contributed by atoms with Crippen molar-refractivity contribution in [2.24, 2.45) is 0 Å². The lowest BCUT2D eigenvalue weighted by Gasteiger charge is -2.37. The number of hydrogen-bond donors (Lipinski definition) is 0. The Kier molecular flexibility index (Phi) is 4.67. The molecular formula is C18H22BrN3O2. The summed E-state index contributed by atoms with van der Waals surface area (Å²) < 4.78 is 6.49. The van der Waals surface area contributed by atoms with Crippen molar-refractivity contribution in [3.8, 4) is 0 Å². The van der Waals surface area contributed by atoms with Gasteiger partial charge in [-0.05, 0) is 45.0 Å². The van der Waals surface area contributed by atoms with Gasteiger partial charge in [0, 0.05) is 47.9 Å². The maximum Gasteiger partial charge on any atom is 0.410 e. The standard InChI is InChI=1S/C18H22BrN3O2/c1-18(2,3)24-17(23)22-10-8-21(9-11-22)16-6-7-20-15-5-4-13(19)12-14(15)16/h4-7,12H,8-11H2,1-3H3. The zero-order valence-electron chi connectivity index (χ0n) is 14.3. The molecule has 0 N–H and O–H groups in total. The molecule has 5 nitrogen and oxygen atoms in total. The molecule has 2 heterocycles.